The number of rotatable bonds is 8. The normalized spacial score (nSPS) is 18.0. The van der Waals surface area contributed by atoms with E-state index in [1.807, 2.05) is 36.4 Å². The predicted octanol–water partition coefficient (Wildman–Crippen LogP) is 3.10. The van der Waals surface area contributed by atoms with Gasteiger partial charge in [0.2, 0.25) is 0 Å². The number of hydrogen-bond donors (Lipinski definition) is 2. The first-order chi connectivity index (χ1) is 19.4. The summed E-state index contributed by atoms with van der Waals surface area (Å²) in [4.78, 5) is 42.8. The van der Waals surface area contributed by atoms with Crippen molar-refractivity contribution in [2.45, 2.75) is 12.5 Å². The highest BCUT2D eigenvalue weighted by Gasteiger charge is 2.34. The standard InChI is InChI=1S/C30H33N5O5/c1-39-27(36)12-13-33-14-16-34(17-15-33)19-26-20-35(30(38)40-26)25-10-8-22(9-11-25)28(31)32-29(37)24-7-6-21-4-2-3-5-23(21)18-24/h2-11,18,26H,12-17,19-20H2,1H3,(H2,31,32,37). The van der Waals surface area contributed by atoms with E-state index in [2.05, 4.69) is 15.1 Å². The molecule has 40 heavy (non-hydrogen) atoms. The lowest BCUT2D eigenvalue weighted by Gasteiger charge is -2.35. The van der Waals surface area contributed by atoms with Crippen molar-refractivity contribution < 1.29 is 23.9 Å². The first kappa shape index (κ1) is 27.3. The van der Waals surface area contributed by atoms with Crippen LogP contribution in [-0.4, -0.2) is 92.6 Å². The van der Waals surface area contributed by atoms with Crippen molar-refractivity contribution in [1.29, 1.82) is 5.41 Å². The SMILES string of the molecule is COC(=O)CCN1CCN(CC2CN(c3ccc(C(=N)NC(=O)c4ccc5ccccc5c4)cc3)C(=O)O2)CC1. The third-order valence-electron chi connectivity index (χ3n) is 7.38. The number of carbonyl (C=O) groups excluding carboxylic acids is 3. The van der Waals surface area contributed by atoms with Gasteiger partial charge in [-0.15, -0.1) is 0 Å². The first-order valence-corrected chi connectivity index (χ1v) is 13.4. The fourth-order valence-corrected chi connectivity index (χ4v) is 5.06. The number of methoxy groups -OCH3 is 1. The minimum atomic E-state index is -0.394. The van der Waals surface area contributed by atoms with Crippen LogP contribution in [0, 0.1) is 5.41 Å². The molecule has 0 aliphatic carbocycles. The molecule has 2 aliphatic rings. The van der Waals surface area contributed by atoms with Crippen LogP contribution in [0.15, 0.2) is 66.7 Å². The highest BCUT2D eigenvalue weighted by Crippen LogP contribution is 2.23. The van der Waals surface area contributed by atoms with Crippen LogP contribution < -0.4 is 10.2 Å². The number of fused-ring (bicyclic) bond motifs is 1. The molecule has 1 atom stereocenters. The van der Waals surface area contributed by atoms with Crippen molar-refractivity contribution >= 4 is 40.3 Å². The molecule has 1 unspecified atom stereocenters. The molecule has 2 saturated heterocycles. The van der Waals surface area contributed by atoms with Crippen molar-refractivity contribution in [3.63, 3.8) is 0 Å². The summed E-state index contributed by atoms with van der Waals surface area (Å²) >= 11 is 0. The molecule has 0 radical (unpaired) electrons. The molecule has 2 amide bonds. The van der Waals surface area contributed by atoms with Gasteiger partial charge >= 0.3 is 12.1 Å². The zero-order valence-corrected chi connectivity index (χ0v) is 22.5. The summed E-state index contributed by atoms with van der Waals surface area (Å²) in [6, 6.07) is 20.2. The summed E-state index contributed by atoms with van der Waals surface area (Å²) < 4.78 is 10.3. The van der Waals surface area contributed by atoms with E-state index < -0.39 is 6.09 Å². The molecule has 2 heterocycles. The fraction of sp³-hybridized carbons (Fsp3) is 0.333. The van der Waals surface area contributed by atoms with Gasteiger partial charge in [-0.25, -0.2) is 4.79 Å². The average Bonchev–Trinajstić information content (AvgIpc) is 3.35. The molecule has 0 aromatic heterocycles. The van der Waals surface area contributed by atoms with Gasteiger partial charge < -0.3 is 19.7 Å². The Morgan fingerprint density at radius 2 is 1.62 bits per heavy atom. The van der Waals surface area contributed by atoms with E-state index in [9.17, 15) is 14.4 Å². The van der Waals surface area contributed by atoms with Gasteiger partial charge in [-0.3, -0.25) is 24.8 Å². The Labute approximate surface area is 232 Å². The summed E-state index contributed by atoms with van der Waals surface area (Å²) in [5.41, 5.74) is 1.69. The smallest absolute Gasteiger partial charge is 0.414 e. The Bertz CT molecular complexity index is 1400. The van der Waals surface area contributed by atoms with Gasteiger partial charge in [-0.2, -0.15) is 0 Å². The van der Waals surface area contributed by atoms with Crippen LogP contribution in [0.5, 0.6) is 0 Å². The fourth-order valence-electron chi connectivity index (χ4n) is 5.06. The number of piperazine rings is 1. The first-order valence-electron chi connectivity index (χ1n) is 13.4. The van der Waals surface area contributed by atoms with E-state index in [-0.39, 0.29) is 23.8 Å². The van der Waals surface area contributed by atoms with Gasteiger partial charge in [0.25, 0.3) is 5.91 Å². The second-order valence-electron chi connectivity index (χ2n) is 10.0. The summed E-state index contributed by atoms with van der Waals surface area (Å²) in [5, 5.41) is 13.0. The van der Waals surface area contributed by atoms with E-state index in [4.69, 9.17) is 14.9 Å². The van der Waals surface area contributed by atoms with Gasteiger partial charge in [-0.1, -0.05) is 30.3 Å². The maximum absolute atomic E-state index is 12.7. The zero-order valence-electron chi connectivity index (χ0n) is 22.5. The minimum Gasteiger partial charge on any atom is -0.469 e. The number of cyclic esters (lactones) is 1. The Morgan fingerprint density at radius 1 is 0.950 bits per heavy atom. The van der Waals surface area contributed by atoms with Crippen LogP contribution >= 0.6 is 0 Å². The van der Waals surface area contributed by atoms with Gasteiger partial charge in [0.1, 0.15) is 11.9 Å². The third kappa shape index (κ3) is 6.47. The van der Waals surface area contributed by atoms with E-state index in [1.165, 1.54) is 7.11 Å². The number of ether oxygens (including phenoxy) is 2. The van der Waals surface area contributed by atoms with E-state index in [0.29, 0.717) is 42.9 Å². The Kier molecular flexibility index (Phi) is 8.37. The summed E-state index contributed by atoms with van der Waals surface area (Å²) in [5.74, 6) is -0.566. The molecule has 208 valence electrons. The van der Waals surface area contributed by atoms with Gasteiger partial charge in [0.15, 0.2) is 0 Å². The van der Waals surface area contributed by atoms with Crippen molar-refractivity contribution in [3.8, 4) is 0 Å². The maximum atomic E-state index is 12.7. The predicted molar refractivity (Wildman–Crippen MR) is 152 cm³/mol. The van der Waals surface area contributed by atoms with Crippen LogP contribution in [0.25, 0.3) is 10.8 Å². The van der Waals surface area contributed by atoms with Crippen LogP contribution in [0.2, 0.25) is 0 Å². The second kappa shape index (κ2) is 12.3. The minimum absolute atomic E-state index is 0.0164. The molecule has 2 fully saturated rings. The number of nitrogens with zero attached hydrogens (tertiary/aromatic N) is 3. The highest BCUT2D eigenvalue weighted by atomic mass is 16.6. The number of esters is 1. The number of benzene rings is 3. The molecule has 0 bridgehead atoms. The molecular weight excluding hydrogens is 510 g/mol. The molecule has 10 heteroatoms. The van der Waals surface area contributed by atoms with Crippen LogP contribution in [-0.2, 0) is 14.3 Å². The molecule has 5 rings (SSSR count). The van der Waals surface area contributed by atoms with Crippen molar-refractivity contribution in [2.75, 3.05) is 57.8 Å². The van der Waals surface area contributed by atoms with Gasteiger partial charge in [0, 0.05) is 56.1 Å². The number of anilines is 1. The molecule has 10 nitrogen and oxygen atoms in total. The zero-order chi connectivity index (χ0) is 28.1. The molecule has 2 N–H and O–H groups in total. The van der Waals surface area contributed by atoms with E-state index in [1.54, 1.807) is 35.2 Å². The largest absolute Gasteiger partial charge is 0.469 e. The molecular formula is C30H33N5O5. The number of amides is 2. The van der Waals surface area contributed by atoms with Crippen molar-refractivity contribution in [1.82, 2.24) is 15.1 Å². The van der Waals surface area contributed by atoms with E-state index in [0.717, 1.165) is 37.0 Å². The Balaban J connectivity index is 1.11. The van der Waals surface area contributed by atoms with Crippen LogP contribution in [0.3, 0.4) is 0 Å². The summed E-state index contributed by atoms with van der Waals surface area (Å²) in [6.45, 7) is 5.17. The molecule has 2 aliphatic heterocycles. The van der Waals surface area contributed by atoms with E-state index >= 15 is 0 Å². The Morgan fingerprint density at radius 3 is 2.35 bits per heavy atom. The summed E-state index contributed by atoms with van der Waals surface area (Å²) in [7, 11) is 1.40. The number of hydrogen-bond acceptors (Lipinski definition) is 8. The quantitative estimate of drug-likeness (QED) is 0.255. The lowest BCUT2D eigenvalue weighted by atomic mass is 10.1. The Hall–Kier alpha value is -4.28. The molecule has 0 saturated carbocycles. The topological polar surface area (TPSA) is 115 Å². The monoisotopic (exact) mass is 543 g/mol. The van der Waals surface area contributed by atoms with Crippen molar-refractivity contribution in [2.24, 2.45) is 0 Å². The lowest BCUT2D eigenvalue weighted by molar-refractivity contribution is -0.141. The maximum Gasteiger partial charge on any atom is 0.414 e. The number of nitrogens with one attached hydrogen (secondary N) is 2. The average molecular weight is 544 g/mol. The molecule has 3 aromatic carbocycles. The third-order valence-corrected chi connectivity index (χ3v) is 7.38. The van der Waals surface area contributed by atoms with Crippen LogP contribution in [0.1, 0.15) is 22.3 Å². The van der Waals surface area contributed by atoms with Crippen LogP contribution in [0.4, 0.5) is 10.5 Å². The van der Waals surface area contributed by atoms with Gasteiger partial charge in [-0.05, 0) is 47.2 Å². The summed E-state index contributed by atoms with van der Waals surface area (Å²) in [6.07, 6.45) is -0.247. The van der Waals surface area contributed by atoms with Crippen molar-refractivity contribution in [3.05, 3.63) is 77.9 Å². The lowest BCUT2D eigenvalue weighted by Crippen LogP contribution is -2.49. The second-order valence-corrected chi connectivity index (χ2v) is 10.0. The molecule has 3 aromatic rings. The molecule has 0 spiro atoms. The number of amidine groups is 1. The number of carbonyl (C=O) groups is 3. The highest BCUT2D eigenvalue weighted by molar-refractivity contribution is 6.12. The van der Waals surface area contributed by atoms with Gasteiger partial charge in [0.05, 0.1) is 20.1 Å².